The van der Waals surface area contributed by atoms with Crippen LogP contribution in [0.3, 0.4) is 0 Å². The Morgan fingerprint density at radius 1 is 1.07 bits per heavy atom. The van der Waals surface area contributed by atoms with Gasteiger partial charge >= 0.3 is 0 Å². The number of fused-ring (bicyclic) bond motifs is 1. The van der Waals surface area contributed by atoms with E-state index in [9.17, 15) is 5.11 Å². The highest BCUT2D eigenvalue weighted by molar-refractivity contribution is 5.85. The average Bonchev–Trinajstić information content (AvgIpc) is 2.71. The van der Waals surface area contributed by atoms with Gasteiger partial charge in [-0.05, 0) is 49.9 Å². The third-order valence-corrected chi connectivity index (χ3v) is 5.63. The highest BCUT2D eigenvalue weighted by atomic mass is 35.5. The zero-order chi connectivity index (χ0) is 19.7. The minimum Gasteiger partial charge on any atom is -0.390 e. The Labute approximate surface area is 178 Å². The van der Waals surface area contributed by atoms with E-state index in [2.05, 4.69) is 46.4 Å². The van der Waals surface area contributed by atoms with Crippen molar-refractivity contribution in [2.75, 3.05) is 16.8 Å². The molecule has 0 spiro atoms. The molecule has 0 aliphatic carbocycles. The lowest BCUT2D eigenvalue weighted by Crippen LogP contribution is -2.35. The number of benzene rings is 2. The van der Waals surface area contributed by atoms with Crippen LogP contribution >= 0.6 is 12.4 Å². The molecule has 29 heavy (non-hydrogen) atoms. The van der Waals surface area contributed by atoms with Crippen molar-refractivity contribution in [2.45, 2.75) is 39.8 Å². The first-order chi connectivity index (χ1) is 13.6. The van der Waals surface area contributed by atoms with Crippen LogP contribution in [0.2, 0.25) is 0 Å². The van der Waals surface area contributed by atoms with Crippen molar-refractivity contribution in [3.8, 4) is 0 Å². The summed E-state index contributed by atoms with van der Waals surface area (Å²) in [5.74, 6) is 1.40. The van der Waals surface area contributed by atoms with Crippen molar-refractivity contribution in [3.63, 3.8) is 0 Å². The number of aliphatic hydroxyl groups excluding tert-OH is 1. The minimum atomic E-state index is -0.109. The molecule has 3 aromatic rings. The largest absolute Gasteiger partial charge is 0.390 e. The van der Waals surface area contributed by atoms with Crippen LogP contribution in [0.1, 0.15) is 40.9 Å². The Hall–Kier alpha value is -2.63. The molecule has 0 saturated carbocycles. The number of aliphatic hydroxyl groups is 1. The van der Waals surface area contributed by atoms with Crippen molar-refractivity contribution in [2.24, 2.45) is 0 Å². The predicted octanol–water partition coefficient (Wildman–Crippen LogP) is 4.87. The SMILES string of the molecule is Cc1ccccc1Nc1nc(CO)c(C)c(N2CCc3ccccc3C2C)n1.Cl. The fourth-order valence-electron chi connectivity index (χ4n) is 3.93. The lowest BCUT2D eigenvalue weighted by Gasteiger charge is -2.37. The van der Waals surface area contributed by atoms with E-state index in [1.54, 1.807) is 0 Å². The average molecular weight is 411 g/mol. The van der Waals surface area contributed by atoms with Crippen molar-refractivity contribution in [1.82, 2.24) is 9.97 Å². The van der Waals surface area contributed by atoms with E-state index in [1.807, 2.05) is 38.1 Å². The second-order valence-electron chi connectivity index (χ2n) is 7.36. The van der Waals surface area contributed by atoms with Gasteiger partial charge in [-0.1, -0.05) is 42.5 Å². The number of nitrogens with one attached hydrogen (secondary N) is 1. The maximum atomic E-state index is 9.87. The molecule has 152 valence electrons. The zero-order valence-electron chi connectivity index (χ0n) is 17.0. The number of hydrogen-bond acceptors (Lipinski definition) is 5. The number of rotatable bonds is 4. The summed E-state index contributed by atoms with van der Waals surface area (Å²) in [5, 5.41) is 13.2. The number of hydrogen-bond donors (Lipinski definition) is 2. The molecule has 0 fully saturated rings. The number of aromatic nitrogens is 2. The highest BCUT2D eigenvalue weighted by Gasteiger charge is 2.27. The van der Waals surface area contributed by atoms with Crippen molar-refractivity contribution < 1.29 is 5.11 Å². The molecule has 0 amide bonds. The van der Waals surface area contributed by atoms with Gasteiger partial charge in [-0.2, -0.15) is 4.98 Å². The molecule has 1 aromatic heterocycles. The molecule has 0 saturated heterocycles. The van der Waals surface area contributed by atoms with Gasteiger partial charge < -0.3 is 15.3 Å². The fourth-order valence-corrected chi connectivity index (χ4v) is 3.93. The van der Waals surface area contributed by atoms with Gasteiger partial charge in [0.2, 0.25) is 5.95 Å². The molecular weight excluding hydrogens is 384 g/mol. The van der Waals surface area contributed by atoms with Crippen LogP contribution in [0.15, 0.2) is 48.5 Å². The number of halogens is 1. The first-order valence-electron chi connectivity index (χ1n) is 9.74. The topological polar surface area (TPSA) is 61.3 Å². The van der Waals surface area contributed by atoms with Gasteiger partial charge in [-0.3, -0.25) is 0 Å². The fraction of sp³-hybridized carbons (Fsp3) is 0.304. The van der Waals surface area contributed by atoms with Gasteiger partial charge in [-0.15, -0.1) is 12.4 Å². The van der Waals surface area contributed by atoms with E-state index >= 15 is 0 Å². The van der Waals surface area contributed by atoms with Crippen molar-refractivity contribution in [1.29, 1.82) is 0 Å². The maximum absolute atomic E-state index is 9.87. The van der Waals surface area contributed by atoms with Gasteiger partial charge in [0.15, 0.2) is 0 Å². The second kappa shape index (κ2) is 8.80. The third-order valence-electron chi connectivity index (χ3n) is 5.63. The van der Waals surface area contributed by atoms with Gasteiger partial charge in [0, 0.05) is 17.8 Å². The van der Waals surface area contributed by atoms with Crippen LogP contribution in [-0.4, -0.2) is 21.6 Å². The van der Waals surface area contributed by atoms with E-state index < -0.39 is 0 Å². The van der Waals surface area contributed by atoms with Gasteiger partial charge in [-0.25, -0.2) is 4.98 Å². The minimum absolute atomic E-state index is 0. The predicted molar refractivity (Wildman–Crippen MR) is 120 cm³/mol. The number of anilines is 3. The van der Waals surface area contributed by atoms with E-state index in [4.69, 9.17) is 4.98 Å². The van der Waals surface area contributed by atoms with Crippen LogP contribution < -0.4 is 10.2 Å². The van der Waals surface area contributed by atoms with Gasteiger partial charge in [0.1, 0.15) is 5.82 Å². The van der Waals surface area contributed by atoms with E-state index in [0.29, 0.717) is 11.6 Å². The molecule has 5 nitrogen and oxygen atoms in total. The summed E-state index contributed by atoms with van der Waals surface area (Å²) in [7, 11) is 0. The lowest BCUT2D eigenvalue weighted by molar-refractivity contribution is 0.276. The van der Waals surface area contributed by atoms with Crippen LogP contribution in [0.4, 0.5) is 17.5 Å². The standard InChI is InChI=1S/C23H26N4O.ClH/c1-15-8-4-7-11-20(15)24-23-25-21(14-28)16(2)22(26-23)27-13-12-18-9-5-6-10-19(18)17(27)3;/h4-11,17,28H,12-14H2,1-3H3,(H,24,25,26);1H. The maximum Gasteiger partial charge on any atom is 0.229 e. The summed E-state index contributed by atoms with van der Waals surface area (Å²) in [6.45, 7) is 7.04. The van der Waals surface area contributed by atoms with Crippen molar-refractivity contribution >= 4 is 29.9 Å². The summed E-state index contributed by atoms with van der Waals surface area (Å²) < 4.78 is 0. The zero-order valence-corrected chi connectivity index (χ0v) is 17.8. The van der Waals surface area contributed by atoms with Crippen LogP contribution in [0, 0.1) is 13.8 Å². The summed E-state index contributed by atoms with van der Waals surface area (Å²) >= 11 is 0. The Morgan fingerprint density at radius 3 is 2.55 bits per heavy atom. The Kier molecular flexibility index (Phi) is 6.40. The number of nitrogens with zero attached hydrogens (tertiary/aromatic N) is 3. The lowest BCUT2D eigenvalue weighted by atomic mass is 9.93. The second-order valence-corrected chi connectivity index (χ2v) is 7.36. The Bertz CT molecular complexity index is 1010. The molecule has 6 heteroatoms. The molecule has 0 bridgehead atoms. The first-order valence-corrected chi connectivity index (χ1v) is 9.74. The summed E-state index contributed by atoms with van der Waals surface area (Å²) in [4.78, 5) is 11.7. The van der Waals surface area contributed by atoms with E-state index in [-0.39, 0.29) is 25.1 Å². The molecule has 0 radical (unpaired) electrons. The summed E-state index contributed by atoms with van der Waals surface area (Å²) in [6, 6.07) is 16.9. The van der Waals surface area contributed by atoms with Crippen molar-refractivity contribution in [3.05, 3.63) is 76.5 Å². The molecule has 2 aromatic carbocycles. The number of para-hydroxylation sites is 1. The Balaban J connectivity index is 0.00000240. The third kappa shape index (κ3) is 4.07. The quantitative estimate of drug-likeness (QED) is 0.642. The molecule has 1 atom stereocenters. The molecule has 1 aliphatic heterocycles. The summed E-state index contributed by atoms with van der Waals surface area (Å²) in [5.41, 5.74) is 6.43. The summed E-state index contributed by atoms with van der Waals surface area (Å²) in [6.07, 6.45) is 0.985. The molecule has 2 N–H and O–H groups in total. The first kappa shape index (κ1) is 21.1. The Morgan fingerprint density at radius 2 is 1.79 bits per heavy atom. The molecule has 2 heterocycles. The van der Waals surface area contributed by atoms with Crippen LogP contribution in [0.5, 0.6) is 0 Å². The molecular formula is C23H27ClN4O. The molecule has 4 rings (SSSR count). The van der Waals surface area contributed by atoms with Crippen LogP contribution in [-0.2, 0) is 13.0 Å². The number of aryl methyl sites for hydroxylation is 1. The van der Waals surface area contributed by atoms with E-state index in [0.717, 1.165) is 35.6 Å². The van der Waals surface area contributed by atoms with Crippen LogP contribution in [0.25, 0.3) is 0 Å². The van der Waals surface area contributed by atoms with Gasteiger partial charge in [0.05, 0.1) is 18.3 Å². The smallest absolute Gasteiger partial charge is 0.229 e. The molecule has 1 aliphatic rings. The highest BCUT2D eigenvalue weighted by Crippen LogP contribution is 2.35. The van der Waals surface area contributed by atoms with E-state index in [1.165, 1.54) is 11.1 Å². The van der Waals surface area contributed by atoms with Gasteiger partial charge in [0.25, 0.3) is 0 Å². The normalized spacial score (nSPS) is 15.4. The molecule has 1 unspecified atom stereocenters. The monoisotopic (exact) mass is 410 g/mol.